The Bertz CT molecular complexity index is 1180. The number of anilines is 1. The summed E-state index contributed by atoms with van der Waals surface area (Å²) >= 11 is 0. The molecular formula is C23H31CaCl2N3O7. The number of aliphatic hydroxyl groups excluding tert-OH is 2. The average Bonchev–Trinajstić information content (AvgIpc) is 2.70. The van der Waals surface area contributed by atoms with Gasteiger partial charge < -0.3 is 31.1 Å². The molecular weight excluding hydrogens is 541 g/mol. The number of phenols is 1. The number of hydrogen-bond donors (Lipinski definition) is 5. The van der Waals surface area contributed by atoms with Gasteiger partial charge in [0.1, 0.15) is 22.8 Å². The molecule has 0 fully saturated rings. The number of likely N-dealkylation sites (N-methyl/N-ethyl adjacent to an activating group) is 1. The minimum atomic E-state index is -2.63. The van der Waals surface area contributed by atoms with Crippen molar-refractivity contribution >= 4 is 85.7 Å². The summed E-state index contributed by atoms with van der Waals surface area (Å²) < 4.78 is 0. The molecule has 1 aromatic carbocycles. The number of hydrogen-bond acceptors (Lipinski definition) is 9. The Morgan fingerprint density at radius 2 is 1.67 bits per heavy atom. The number of benzene rings is 1. The zero-order valence-corrected chi connectivity index (χ0v) is 21.2. The van der Waals surface area contributed by atoms with E-state index in [-0.39, 0.29) is 92.3 Å². The molecule has 0 spiro atoms. The summed E-state index contributed by atoms with van der Waals surface area (Å²) in [4.78, 5) is 42.0. The SMILES string of the molecule is CN(C)c1ccc(O)c2c1C[C@H]1C[C@H]3[C@H](N(C)C)C(O)=C(C(N)=O)C(=O)[C@@]3(O)C(O)=C1C2=O.Cl.Cl.[CaH2]. The summed E-state index contributed by atoms with van der Waals surface area (Å²) in [6.45, 7) is 0. The van der Waals surface area contributed by atoms with Crippen molar-refractivity contribution in [3.63, 3.8) is 0 Å². The van der Waals surface area contributed by atoms with Crippen LogP contribution in [0.15, 0.2) is 34.8 Å². The van der Waals surface area contributed by atoms with Crippen molar-refractivity contribution in [1.29, 1.82) is 0 Å². The van der Waals surface area contributed by atoms with E-state index in [0.29, 0.717) is 5.56 Å². The fraction of sp³-hybridized carbons (Fsp3) is 0.435. The molecule has 3 aliphatic carbocycles. The first kappa shape index (κ1) is 32.5. The topological polar surface area (TPSA) is 165 Å². The Labute approximate surface area is 250 Å². The Morgan fingerprint density at radius 3 is 2.17 bits per heavy atom. The number of fused-ring (bicyclic) bond motifs is 3. The van der Waals surface area contributed by atoms with Crippen LogP contribution in [0.2, 0.25) is 0 Å². The first-order chi connectivity index (χ1) is 15.3. The zero-order chi connectivity index (χ0) is 24.6. The number of nitrogens with two attached hydrogens (primary N) is 1. The maximum atomic E-state index is 13.5. The molecule has 4 rings (SSSR count). The number of phenolic OH excluding ortho intramolecular Hbond substituents is 1. The van der Waals surface area contributed by atoms with E-state index in [9.17, 15) is 34.8 Å². The van der Waals surface area contributed by atoms with Gasteiger partial charge in [-0.15, -0.1) is 24.8 Å². The summed E-state index contributed by atoms with van der Waals surface area (Å²) in [5, 5.41) is 43.9. The molecule has 0 heterocycles. The predicted molar refractivity (Wildman–Crippen MR) is 141 cm³/mol. The van der Waals surface area contributed by atoms with Gasteiger partial charge in [-0.25, -0.2) is 0 Å². The van der Waals surface area contributed by atoms with Gasteiger partial charge in [-0.05, 0) is 50.6 Å². The summed E-state index contributed by atoms with van der Waals surface area (Å²) in [5.74, 6) is -6.53. The number of primary amides is 1. The number of allylic oxidation sites excluding steroid dienone is 1. The number of rotatable bonds is 3. The van der Waals surface area contributed by atoms with Crippen molar-refractivity contribution in [2.45, 2.75) is 24.5 Å². The van der Waals surface area contributed by atoms with Crippen LogP contribution in [0.1, 0.15) is 22.3 Å². The zero-order valence-electron chi connectivity index (χ0n) is 19.6. The van der Waals surface area contributed by atoms with Gasteiger partial charge in [-0.3, -0.25) is 19.3 Å². The first-order valence-electron chi connectivity index (χ1n) is 10.5. The van der Waals surface area contributed by atoms with E-state index in [1.54, 1.807) is 39.2 Å². The number of halogens is 2. The van der Waals surface area contributed by atoms with Gasteiger partial charge in [0.15, 0.2) is 11.4 Å². The molecule has 10 nitrogen and oxygen atoms in total. The molecule has 4 atom stereocenters. The monoisotopic (exact) mass is 571 g/mol. The van der Waals surface area contributed by atoms with Crippen LogP contribution in [0, 0.1) is 11.8 Å². The molecule has 13 heteroatoms. The second-order valence-corrected chi connectivity index (χ2v) is 9.31. The number of aliphatic hydroxyl groups is 3. The fourth-order valence-electron chi connectivity index (χ4n) is 5.65. The van der Waals surface area contributed by atoms with Gasteiger partial charge in [0.05, 0.1) is 11.6 Å². The third-order valence-corrected chi connectivity index (χ3v) is 7.06. The van der Waals surface area contributed by atoms with E-state index in [1.165, 1.54) is 11.0 Å². The Kier molecular flexibility index (Phi) is 9.99. The van der Waals surface area contributed by atoms with E-state index in [0.717, 1.165) is 5.69 Å². The Morgan fingerprint density at radius 1 is 1.08 bits per heavy atom. The minimum absolute atomic E-state index is 0. The average molecular weight is 572 g/mol. The standard InChI is InChI=1S/C23H27N3O7.Ca.2ClH.2H/c1-25(2)12-5-6-13(27)15-10(12)7-9-8-11-17(26(3)4)19(29)16(22(24)32)21(31)23(11,33)20(30)14(9)18(15)28;;;;;/h5-6,9,11,17,27,29-30,33H,7-8H2,1-4H3,(H2,24,32);;2*1H;;/t9-,11-,17-,23-;;;;;/m0...../s1. The van der Waals surface area contributed by atoms with Crippen LogP contribution in [0.25, 0.3) is 0 Å². The van der Waals surface area contributed by atoms with Crippen molar-refractivity contribution in [3.05, 3.63) is 45.9 Å². The van der Waals surface area contributed by atoms with Crippen LogP contribution < -0.4 is 10.6 Å². The third-order valence-electron chi connectivity index (χ3n) is 7.06. The van der Waals surface area contributed by atoms with Gasteiger partial charge in [0.25, 0.3) is 5.91 Å². The second kappa shape index (κ2) is 11.1. The molecule has 3 aliphatic rings. The van der Waals surface area contributed by atoms with Crippen LogP contribution in [0.4, 0.5) is 5.69 Å². The summed E-state index contributed by atoms with van der Waals surface area (Å²) in [7, 11) is 6.79. The quantitative estimate of drug-likeness (QED) is 0.250. The molecule has 0 saturated heterocycles. The van der Waals surface area contributed by atoms with Crippen molar-refractivity contribution in [3.8, 4) is 5.75 Å². The molecule has 0 aromatic heterocycles. The molecule has 6 N–H and O–H groups in total. The second-order valence-electron chi connectivity index (χ2n) is 9.31. The van der Waals surface area contributed by atoms with Crippen molar-refractivity contribution in [2.24, 2.45) is 17.6 Å². The van der Waals surface area contributed by atoms with E-state index >= 15 is 0 Å². The molecule has 0 bridgehead atoms. The van der Waals surface area contributed by atoms with Crippen molar-refractivity contribution in [2.75, 3.05) is 33.1 Å². The number of nitrogens with zero attached hydrogens (tertiary/aromatic N) is 2. The van der Waals surface area contributed by atoms with Crippen molar-refractivity contribution < 1.29 is 34.8 Å². The predicted octanol–water partition coefficient (Wildman–Crippen LogP) is 0.114. The molecule has 1 amide bonds. The molecule has 0 radical (unpaired) electrons. The molecule has 0 saturated carbocycles. The number of carbonyl (C=O) groups excluding carboxylic acids is 3. The van der Waals surface area contributed by atoms with Gasteiger partial charge in [-0.1, -0.05) is 0 Å². The summed E-state index contributed by atoms with van der Waals surface area (Å²) in [6.07, 6.45) is 0.324. The summed E-state index contributed by atoms with van der Waals surface area (Å²) in [5.41, 5.74) is 3.02. The van der Waals surface area contributed by atoms with Crippen LogP contribution in [0.3, 0.4) is 0 Å². The van der Waals surface area contributed by atoms with E-state index in [2.05, 4.69) is 0 Å². The first-order valence-corrected chi connectivity index (χ1v) is 10.5. The maximum absolute atomic E-state index is 13.5. The fourth-order valence-corrected chi connectivity index (χ4v) is 5.65. The van der Waals surface area contributed by atoms with E-state index in [4.69, 9.17) is 5.73 Å². The molecule has 0 aliphatic heterocycles. The van der Waals surface area contributed by atoms with Gasteiger partial charge in [0.2, 0.25) is 5.78 Å². The number of aromatic hydroxyl groups is 1. The van der Waals surface area contributed by atoms with Gasteiger partial charge in [-0.2, -0.15) is 0 Å². The molecule has 36 heavy (non-hydrogen) atoms. The summed E-state index contributed by atoms with van der Waals surface area (Å²) in [6, 6.07) is 2.06. The van der Waals surface area contributed by atoms with Crippen LogP contribution >= 0.6 is 24.8 Å². The number of carbonyl (C=O) groups is 3. The normalized spacial score (nSPS) is 26.7. The van der Waals surface area contributed by atoms with Gasteiger partial charge in [0, 0.05) is 31.3 Å². The van der Waals surface area contributed by atoms with Crippen molar-refractivity contribution in [1.82, 2.24) is 4.90 Å². The number of Topliss-reactive ketones (excluding diaryl/α,β-unsaturated/α-hetero) is 2. The van der Waals surface area contributed by atoms with Crippen LogP contribution in [0.5, 0.6) is 5.75 Å². The Balaban J connectivity index is 0.00000216. The third kappa shape index (κ3) is 4.40. The molecule has 0 unspecified atom stereocenters. The number of amides is 1. The molecule has 196 valence electrons. The van der Waals surface area contributed by atoms with Gasteiger partial charge >= 0.3 is 37.7 Å². The Hall–Kier alpha value is -1.53. The van der Waals surface area contributed by atoms with Crippen LogP contribution in [-0.2, 0) is 16.0 Å². The van der Waals surface area contributed by atoms with Crippen LogP contribution in [-0.4, -0.2) is 120 Å². The number of ketones is 2. The van der Waals surface area contributed by atoms with E-state index < -0.39 is 58.0 Å². The van der Waals surface area contributed by atoms with E-state index in [1.807, 2.05) is 0 Å². The molecule has 1 aromatic rings.